The zero-order valence-corrected chi connectivity index (χ0v) is 11.0. The summed E-state index contributed by atoms with van der Waals surface area (Å²) in [6.45, 7) is 0.561. The first kappa shape index (κ1) is 12.7. The Kier molecular flexibility index (Phi) is 4.29. The minimum absolute atomic E-state index is 0.163. The van der Waals surface area contributed by atoms with E-state index < -0.39 is 0 Å². The fraction of sp³-hybridized carbons (Fsp3) is 0.538. The highest BCUT2D eigenvalue weighted by Crippen LogP contribution is 2.27. The predicted molar refractivity (Wildman–Crippen MR) is 73.3 cm³/mol. The summed E-state index contributed by atoms with van der Waals surface area (Å²) in [4.78, 5) is 2.20. The molecule has 2 rings (SSSR count). The second-order valence-electron chi connectivity index (χ2n) is 4.48. The summed E-state index contributed by atoms with van der Waals surface area (Å²) in [7, 11) is 2.05. The van der Waals surface area contributed by atoms with Gasteiger partial charge >= 0.3 is 0 Å². The van der Waals surface area contributed by atoms with E-state index in [1.54, 1.807) is 12.1 Å². The first-order chi connectivity index (χ1) is 8.20. The van der Waals surface area contributed by atoms with Crippen LogP contribution >= 0.6 is 11.8 Å². The van der Waals surface area contributed by atoms with Crippen molar-refractivity contribution in [3.8, 4) is 0 Å². The average Bonchev–Trinajstić information content (AvgIpc) is 2.81. The quantitative estimate of drug-likeness (QED) is 0.893. The minimum atomic E-state index is -0.163. The molecule has 17 heavy (non-hydrogen) atoms. The second-order valence-corrected chi connectivity index (χ2v) is 5.63. The van der Waals surface area contributed by atoms with Gasteiger partial charge in [0.1, 0.15) is 5.82 Å². The molecule has 1 aliphatic heterocycles. The summed E-state index contributed by atoms with van der Waals surface area (Å²) >= 11 is 1.97. The van der Waals surface area contributed by atoms with Crippen molar-refractivity contribution in [1.29, 1.82) is 0 Å². The highest BCUT2D eigenvalue weighted by molar-refractivity contribution is 7.99. The Bertz CT molecular complexity index is 378. The van der Waals surface area contributed by atoms with Crippen molar-refractivity contribution in [3.63, 3.8) is 0 Å². The van der Waals surface area contributed by atoms with Gasteiger partial charge in [-0.05, 0) is 48.9 Å². The molecular formula is C13H19FN2S. The topological polar surface area (TPSA) is 29.3 Å². The van der Waals surface area contributed by atoms with Gasteiger partial charge in [0.15, 0.2) is 0 Å². The molecule has 2 N–H and O–H groups in total. The van der Waals surface area contributed by atoms with Crippen LogP contribution in [0.4, 0.5) is 10.1 Å². The highest BCUT2D eigenvalue weighted by Gasteiger charge is 2.20. The van der Waals surface area contributed by atoms with Crippen LogP contribution in [0.3, 0.4) is 0 Å². The maximum absolute atomic E-state index is 13.5. The first-order valence-corrected chi connectivity index (χ1v) is 7.16. The van der Waals surface area contributed by atoms with Gasteiger partial charge in [-0.1, -0.05) is 0 Å². The smallest absolute Gasteiger partial charge is 0.125 e. The molecule has 0 radical (unpaired) electrons. The third kappa shape index (κ3) is 3.13. The number of rotatable bonds is 4. The Labute approximate surface area is 106 Å². The van der Waals surface area contributed by atoms with Gasteiger partial charge in [0.05, 0.1) is 0 Å². The van der Waals surface area contributed by atoms with Crippen LogP contribution in [0.25, 0.3) is 0 Å². The minimum Gasteiger partial charge on any atom is -0.371 e. The molecule has 0 spiro atoms. The van der Waals surface area contributed by atoms with E-state index in [-0.39, 0.29) is 5.82 Å². The van der Waals surface area contributed by atoms with Gasteiger partial charge in [0.2, 0.25) is 0 Å². The molecule has 0 aromatic heterocycles. The lowest BCUT2D eigenvalue weighted by Gasteiger charge is -2.26. The van der Waals surface area contributed by atoms with Gasteiger partial charge in [0, 0.05) is 24.5 Å². The standard InChI is InChI=1S/C13H19FN2S/c1-16(12-3-5-17-9-12)13-7-10(2-4-15)6-11(14)8-13/h6-8,12H,2-5,9,15H2,1H3. The summed E-state index contributed by atoms with van der Waals surface area (Å²) in [5.41, 5.74) is 7.48. The van der Waals surface area contributed by atoms with Crippen LogP contribution in [0.1, 0.15) is 12.0 Å². The Morgan fingerprint density at radius 1 is 1.47 bits per heavy atom. The van der Waals surface area contributed by atoms with Crippen molar-refractivity contribution < 1.29 is 4.39 Å². The molecule has 4 heteroatoms. The van der Waals surface area contributed by atoms with E-state index in [1.807, 2.05) is 11.8 Å². The fourth-order valence-electron chi connectivity index (χ4n) is 2.19. The third-order valence-electron chi connectivity index (χ3n) is 3.24. The lowest BCUT2D eigenvalue weighted by atomic mass is 10.1. The van der Waals surface area contributed by atoms with Crippen molar-refractivity contribution in [1.82, 2.24) is 0 Å². The molecule has 1 aliphatic rings. The zero-order chi connectivity index (χ0) is 12.3. The summed E-state index contributed by atoms with van der Waals surface area (Å²) in [5, 5.41) is 0. The maximum atomic E-state index is 13.5. The molecule has 1 aromatic rings. The fourth-order valence-corrected chi connectivity index (χ4v) is 3.45. The SMILES string of the molecule is CN(c1cc(F)cc(CCN)c1)C1CCSC1. The van der Waals surface area contributed by atoms with Crippen LogP contribution in [0.5, 0.6) is 0 Å². The highest BCUT2D eigenvalue weighted by atomic mass is 32.2. The Balaban J connectivity index is 2.18. The van der Waals surface area contributed by atoms with Gasteiger partial charge < -0.3 is 10.6 Å². The molecule has 1 heterocycles. The number of benzene rings is 1. The summed E-state index contributed by atoms with van der Waals surface area (Å²) in [6.07, 6.45) is 1.92. The van der Waals surface area contributed by atoms with Crippen molar-refractivity contribution in [3.05, 3.63) is 29.6 Å². The lowest BCUT2D eigenvalue weighted by molar-refractivity contribution is 0.621. The molecule has 1 unspecified atom stereocenters. The van der Waals surface area contributed by atoms with Crippen LogP contribution in [0, 0.1) is 5.82 Å². The Hall–Kier alpha value is -0.740. The van der Waals surface area contributed by atoms with Gasteiger partial charge in [-0.3, -0.25) is 0 Å². The number of halogens is 1. The van der Waals surface area contributed by atoms with E-state index in [2.05, 4.69) is 18.0 Å². The van der Waals surface area contributed by atoms with E-state index in [0.717, 1.165) is 23.4 Å². The number of hydrogen-bond donors (Lipinski definition) is 1. The molecule has 1 fully saturated rings. The van der Waals surface area contributed by atoms with Crippen molar-refractivity contribution in [2.45, 2.75) is 18.9 Å². The average molecular weight is 254 g/mol. The van der Waals surface area contributed by atoms with Crippen LogP contribution in [-0.2, 0) is 6.42 Å². The van der Waals surface area contributed by atoms with Gasteiger partial charge in [-0.25, -0.2) is 4.39 Å². The second kappa shape index (κ2) is 5.74. The molecule has 1 atom stereocenters. The van der Waals surface area contributed by atoms with Gasteiger partial charge in [-0.2, -0.15) is 11.8 Å². The molecule has 0 saturated carbocycles. The molecular weight excluding hydrogens is 235 g/mol. The summed E-state index contributed by atoms with van der Waals surface area (Å²) < 4.78 is 13.5. The van der Waals surface area contributed by atoms with E-state index in [1.165, 1.54) is 12.2 Å². The molecule has 1 saturated heterocycles. The molecule has 1 aromatic carbocycles. The van der Waals surface area contributed by atoms with E-state index in [0.29, 0.717) is 12.6 Å². The number of nitrogens with zero attached hydrogens (tertiary/aromatic N) is 1. The van der Waals surface area contributed by atoms with Crippen molar-refractivity contribution in [2.24, 2.45) is 5.73 Å². The number of hydrogen-bond acceptors (Lipinski definition) is 3. The largest absolute Gasteiger partial charge is 0.371 e. The lowest BCUT2D eigenvalue weighted by Crippen LogP contribution is -2.31. The first-order valence-electron chi connectivity index (χ1n) is 6.01. The van der Waals surface area contributed by atoms with Gasteiger partial charge in [0.25, 0.3) is 0 Å². The predicted octanol–water partition coefficient (Wildman–Crippen LogP) is 2.27. The molecule has 0 amide bonds. The Morgan fingerprint density at radius 3 is 2.94 bits per heavy atom. The van der Waals surface area contributed by atoms with Crippen molar-refractivity contribution >= 4 is 17.4 Å². The normalized spacial score (nSPS) is 19.6. The summed E-state index contributed by atoms with van der Waals surface area (Å²) in [6, 6.07) is 5.78. The van der Waals surface area contributed by atoms with Crippen LogP contribution in [0.2, 0.25) is 0 Å². The molecule has 94 valence electrons. The molecule has 0 bridgehead atoms. The monoisotopic (exact) mass is 254 g/mol. The number of anilines is 1. The summed E-state index contributed by atoms with van der Waals surface area (Å²) in [5.74, 6) is 2.18. The van der Waals surface area contributed by atoms with E-state index >= 15 is 0 Å². The molecule has 2 nitrogen and oxygen atoms in total. The van der Waals surface area contributed by atoms with Crippen molar-refractivity contribution in [2.75, 3.05) is 30.0 Å². The maximum Gasteiger partial charge on any atom is 0.125 e. The Morgan fingerprint density at radius 2 is 2.29 bits per heavy atom. The van der Waals surface area contributed by atoms with E-state index in [4.69, 9.17) is 5.73 Å². The third-order valence-corrected chi connectivity index (χ3v) is 4.38. The number of nitrogens with two attached hydrogens (primary N) is 1. The van der Waals surface area contributed by atoms with Crippen LogP contribution in [0.15, 0.2) is 18.2 Å². The zero-order valence-electron chi connectivity index (χ0n) is 10.2. The molecule has 0 aliphatic carbocycles. The van der Waals surface area contributed by atoms with Gasteiger partial charge in [-0.15, -0.1) is 0 Å². The van der Waals surface area contributed by atoms with E-state index in [9.17, 15) is 4.39 Å². The van der Waals surface area contributed by atoms with Crippen LogP contribution < -0.4 is 10.6 Å². The number of thioether (sulfide) groups is 1. The van der Waals surface area contributed by atoms with Crippen LogP contribution in [-0.4, -0.2) is 31.1 Å².